The van der Waals surface area contributed by atoms with Crippen LogP contribution >= 0.6 is 23.1 Å². The van der Waals surface area contributed by atoms with Crippen LogP contribution in [-0.2, 0) is 0 Å². The van der Waals surface area contributed by atoms with E-state index in [1.165, 1.54) is 15.8 Å². The van der Waals surface area contributed by atoms with Crippen molar-refractivity contribution < 1.29 is 4.39 Å². The highest BCUT2D eigenvalue weighted by Gasteiger charge is 2.26. The van der Waals surface area contributed by atoms with Crippen molar-refractivity contribution in [2.24, 2.45) is 0 Å². The molecule has 5 heteroatoms. The Bertz CT molecular complexity index is 538. The number of thioether (sulfide) groups is 1. The number of rotatable bonds is 2. The van der Waals surface area contributed by atoms with Gasteiger partial charge in [0.2, 0.25) is 5.95 Å². The molecule has 94 valence electrons. The zero-order chi connectivity index (χ0) is 12.5. The fourth-order valence-corrected chi connectivity index (χ4v) is 4.72. The number of pyridine rings is 1. The number of halogens is 1. The fourth-order valence-electron chi connectivity index (χ4n) is 2.15. The number of fused-ring (bicyclic) bond motifs is 1. The second-order valence-electron chi connectivity index (χ2n) is 4.39. The molecule has 1 aliphatic heterocycles. The molecule has 0 radical (unpaired) electrons. The molecule has 1 aliphatic rings. The third kappa shape index (κ3) is 2.37. The van der Waals surface area contributed by atoms with Crippen LogP contribution in [0.5, 0.6) is 0 Å². The summed E-state index contributed by atoms with van der Waals surface area (Å²) < 4.78 is 14.2. The van der Waals surface area contributed by atoms with Gasteiger partial charge in [0.05, 0.1) is 22.1 Å². The van der Waals surface area contributed by atoms with E-state index in [2.05, 4.69) is 28.7 Å². The second kappa shape index (κ2) is 4.90. The fraction of sp³-hybridized carbons (Fsp3) is 0.308. The SMILES string of the molecule is C[C@H]1CC(Nc2ccc(F)nc2)c2ccsc2S1. The van der Waals surface area contributed by atoms with Gasteiger partial charge in [-0.15, -0.1) is 23.1 Å². The topological polar surface area (TPSA) is 24.9 Å². The van der Waals surface area contributed by atoms with E-state index in [-0.39, 0.29) is 0 Å². The van der Waals surface area contributed by atoms with Gasteiger partial charge in [0.25, 0.3) is 0 Å². The summed E-state index contributed by atoms with van der Waals surface area (Å²) in [4.78, 5) is 3.68. The molecule has 0 aromatic carbocycles. The van der Waals surface area contributed by atoms with Gasteiger partial charge in [0.15, 0.2) is 0 Å². The summed E-state index contributed by atoms with van der Waals surface area (Å²) in [6, 6.07) is 5.60. The van der Waals surface area contributed by atoms with E-state index in [0.29, 0.717) is 11.3 Å². The molecule has 2 aromatic heterocycles. The van der Waals surface area contributed by atoms with Gasteiger partial charge >= 0.3 is 0 Å². The van der Waals surface area contributed by atoms with Crippen LogP contribution in [-0.4, -0.2) is 10.2 Å². The molecule has 2 nitrogen and oxygen atoms in total. The number of anilines is 1. The van der Waals surface area contributed by atoms with Gasteiger partial charge in [0, 0.05) is 5.25 Å². The van der Waals surface area contributed by atoms with Gasteiger partial charge in [-0.05, 0) is 35.6 Å². The Hall–Kier alpha value is -1.07. The molecule has 0 spiro atoms. The lowest BCUT2D eigenvalue weighted by Gasteiger charge is -2.28. The lowest BCUT2D eigenvalue weighted by Crippen LogP contribution is -2.19. The first-order chi connectivity index (χ1) is 8.72. The summed E-state index contributed by atoms with van der Waals surface area (Å²) in [5.74, 6) is -0.440. The van der Waals surface area contributed by atoms with E-state index in [1.54, 1.807) is 23.6 Å². The van der Waals surface area contributed by atoms with Crippen LogP contribution in [0.25, 0.3) is 0 Å². The zero-order valence-corrected chi connectivity index (χ0v) is 11.5. The van der Waals surface area contributed by atoms with Crippen molar-refractivity contribution in [3.8, 4) is 0 Å². The van der Waals surface area contributed by atoms with Crippen molar-refractivity contribution in [1.82, 2.24) is 4.98 Å². The molecule has 3 rings (SSSR count). The Morgan fingerprint density at radius 1 is 1.39 bits per heavy atom. The van der Waals surface area contributed by atoms with Crippen LogP contribution < -0.4 is 5.32 Å². The van der Waals surface area contributed by atoms with Crippen molar-refractivity contribution >= 4 is 28.8 Å². The minimum atomic E-state index is -0.440. The Labute approximate surface area is 114 Å². The van der Waals surface area contributed by atoms with E-state index in [9.17, 15) is 4.39 Å². The summed E-state index contributed by atoms with van der Waals surface area (Å²) in [5, 5.41) is 6.18. The average molecular weight is 280 g/mol. The van der Waals surface area contributed by atoms with E-state index in [0.717, 1.165) is 12.1 Å². The zero-order valence-electron chi connectivity index (χ0n) is 9.89. The Morgan fingerprint density at radius 2 is 2.28 bits per heavy atom. The minimum absolute atomic E-state index is 0.301. The monoisotopic (exact) mass is 280 g/mol. The number of hydrogen-bond donors (Lipinski definition) is 1. The number of nitrogens with one attached hydrogen (secondary N) is 1. The van der Waals surface area contributed by atoms with Gasteiger partial charge < -0.3 is 5.32 Å². The predicted molar refractivity (Wildman–Crippen MR) is 74.8 cm³/mol. The molecular formula is C13H13FN2S2. The minimum Gasteiger partial charge on any atom is -0.377 e. The molecule has 1 unspecified atom stereocenters. The summed E-state index contributed by atoms with van der Waals surface area (Å²) in [6.45, 7) is 2.24. The van der Waals surface area contributed by atoms with Crippen molar-refractivity contribution in [2.45, 2.75) is 28.8 Å². The third-order valence-corrected chi connectivity index (χ3v) is 5.32. The van der Waals surface area contributed by atoms with Crippen LogP contribution in [0.3, 0.4) is 0 Å². The average Bonchev–Trinajstić information content (AvgIpc) is 2.80. The molecule has 0 aliphatic carbocycles. The maximum atomic E-state index is 12.8. The third-order valence-electron chi connectivity index (χ3n) is 2.98. The Kier molecular flexibility index (Phi) is 3.26. The van der Waals surface area contributed by atoms with Crippen LogP contribution in [0.15, 0.2) is 34.0 Å². The smallest absolute Gasteiger partial charge is 0.212 e. The van der Waals surface area contributed by atoms with Gasteiger partial charge in [-0.2, -0.15) is 4.39 Å². The maximum Gasteiger partial charge on any atom is 0.212 e. The van der Waals surface area contributed by atoms with Crippen molar-refractivity contribution in [1.29, 1.82) is 0 Å². The Balaban J connectivity index is 1.83. The largest absolute Gasteiger partial charge is 0.377 e. The van der Waals surface area contributed by atoms with Crippen molar-refractivity contribution in [3.05, 3.63) is 41.3 Å². The lowest BCUT2D eigenvalue weighted by atomic mass is 10.0. The molecule has 0 saturated heterocycles. The molecule has 2 aromatic rings. The predicted octanol–water partition coefficient (Wildman–Crippen LogP) is 4.32. The lowest BCUT2D eigenvalue weighted by molar-refractivity contribution is 0.583. The first-order valence-electron chi connectivity index (χ1n) is 5.84. The molecule has 0 saturated carbocycles. The first-order valence-corrected chi connectivity index (χ1v) is 7.60. The van der Waals surface area contributed by atoms with Crippen LogP contribution in [0.4, 0.5) is 10.1 Å². The molecule has 18 heavy (non-hydrogen) atoms. The highest BCUT2D eigenvalue weighted by Crippen LogP contribution is 2.44. The highest BCUT2D eigenvalue weighted by atomic mass is 32.2. The molecular weight excluding hydrogens is 267 g/mol. The molecule has 0 bridgehead atoms. The van der Waals surface area contributed by atoms with E-state index < -0.39 is 5.95 Å². The standard InChI is InChI=1S/C13H13FN2S2/c1-8-6-11(10-4-5-17-13(10)18-8)16-9-2-3-12(14)15-7-9/h2-5,7-8,11,16H,6H2,1H3/t8-,11?/m0/s1. The normalized spacial score (nSPS) is 22.6. The van der Waals surface area contributed by atoms with Crippen LogP contribution in [0.2, 0.25) is 0 Å². The van der Waals surface area contributed by atoms with Crippen molar-refractivity contribution in [2.75, 3.05) is 5.32 Å². The van der Waals surface area contributed by atoms with E-state index in [1.807, 2.05) is 11.8 Å². The summed E-state index contributed by atoms with van der Waals surface area (Å²) in [6.07, 6.45) is 2.62. The number of nitrogens with zero attached hydrogens (tertiary/aromatic N) is 1. The van der Waals surface area contributed by atoms with E-state index >= 15 is 0 Å². The van der Waals surface area contributed by atoms with Gasteiger partial charge in [0.1, 0.15) is 0 Å². The highest BCUT2D eigenvalue weighted by molar-refractivity contribution is 8.01. The molecule has 0 fully saturated rings. The van der Waals surface area contributed by atoms with Crippen LogP contribution in [0, 0.1) is 5.95 Å². The van der Waals surface area contributed by atoms with E-state index in [4.69, 9.17) is 0 Å². The van der Waals surface area contributed by atoms with Gasteiger partial charge in [-0.3, -0.25) is 0 Å². The summed E-state index contributed by atoms with van der Waals surface area (Å²) in [5.41, 5.74) is 2.23. The summed E-state index contributed by atoms with van der Waals surface area (Å²) in [7, 11) is 0. The van der Waals surface area contributed by atoms with Crippen molar-refractivity contribution in [3.63, 3.8) is 0 Å². The maximum absolute atomic E-state index is 12.8. The summed E-state index contributed by atoms with van der Waals surface area (Å²) >= 11 is 3.73. The Morgan fingerprint density at radius 3 is 3.06 bits per heavy atom. The second-order valence-corrected chi connectivity index (χ2v) is 7.02. The number of thiophene rings is 1. The molecule has 1 N–H and O–H groups in total. The molecule has 3 heterocycles. The first kappa shape index (κ1) is 12.0. The van der Waals surface area contributed by atoms with Crippen LogP contribution in [0.1, 0.15) is 24.9 Å². The van der Waals surface area contributed by atoms with Gasteiger partial charge in [-0.25, -0.2) is 4.98 Å². The molecule has 2 atom stereocenters. The number of hydrogen-bond acceptors (Lipinski definition) is 4. The number of aromatic nitrogens is 1. The molecule has 0 amide bonds. The quantitative estimate of drug-likeness (QED) is 0.829. The van der Waals surface area contributed by atoms with Gasteiger partial charge in [-0.1, -0.05) is 6.92 Å².